The van der Waals surface area contributed by atoms with Crippen LogP contribution in [-0.2, 0) is 14.8 Å². The Bertz CT molecular complexity index is 589. The third-order valence-electron chi connectivity index (χ3n) is 3.42. The van der Waals surface area contributed by atoms with Gasteiger partial charge in [-0.2, -0.15) is 0 Å². The molecule has 0 saturated carbocycles. The number of amides is 1. The van der Waals surface area contributed by atoms with Gasteiger partial charge in [0.2, 0.25) is 15.9 Å². The first-order valence-electron chi connectivity index (χ1n) is 6.84. The molecule has 0 aliphatic carbocycles. The molecule has 0 spiro atoms. The number of carbonyl (C=O) groups excluding carboxylic acids is 1. The number of sulfonamides is 1. The predicted octanol–water partition coefficient (Wildman–Crippen LogP) is 1.18. The van der Waals surface area contributed by atoms with Crippen molar-refractivity contribution in [3.8, 4) is 0 Å². The molecule has 0 radical (unpaired) electrons. The number of nitrogens with two attached hydrogens (primary N) is 1. The molecule has 1 fully saturated rings. The van der Waals surface area contributed by atoms with E-state index in [1.54, 1.807) is 36.3 Å². The van der Waals surface area contributed by atoms with Gasteiger partial charge in [-0.15, -0.1) is 23.7 Å². The van der Waals surface area contributed by atoms with E-state index in [9.17, 15) is 13.2 Å². The van der Waals surface area contributed by atoms with Gasteiger partial charge >= 0.3 is 0 Å². The van der Waals surface area contributed by atoms with Crippen molar-refractivity contribution in [1.82, 2.24) is 9.62 Å². The molecule has 126 valence electrons. The van der Waals surface area contributed by atoms with Crippen LogP contribution in [0.25, 0.3) is 0 Å². The number of piperidine rings is 1. The Morgan fingerprint density at radius 3 is 2.45 bits per heavy atom. The average molecular weight is 368 g/mol. The molecule has 1 amide bonds. The van der Waals surface area contributed by atoms with Gasteiger partial charge in [0.05, 0.1) is 5.54 Å². The van der Waals surface area contributed by atoms with E-state index in [1.165, 1.54) is 11.3 Å². The second-order valence-corrected chi connectivity index (χ2v) is 8.73. The lowest BCUT2D eigenvalue weighted by molar-refractivity contribution is -0.136. The summed E-state index contributed by atoms with van der Waals surface area (Å²) in [5.41, 5.74) is 4.92. The van der Waals surface area contributed by atoms with Crippen molar-refractivity contribution in [2.24, 2.45) is 5.73 Å². The Morgan fingerprint density at radius 1 is 1.41 bits per heavy atom. The highest BCUT2D eigenvalue weighted by atomic mass is 35.5. The van der Waals surface area contributed by atoms with Crippen molar-refractivity contribution < 1.29 is 13.2 Å². The maximum absolute atomic E-state index is 12.1. The van der Waals surface area contributed by atoms with Gasteiger partial charge in [0.15, 0.2) is 0 Å². The first-order valence-corrected chi connectivity index (χ1v) is 9.20. The molecular formula is C13H22ClN3O3S2. The van der Waals surface area contributed by atoms with E-state index in [4.69, 9.17) is 5.73 Å². The van der Waals surface area contributed by atoms with E-state index in [2.05, 4.69) is 4.72 Å². The second-order valence-electron chi connectivity index (χ2n) is 5.84. The van der Waals surface area contributed by atoms with Gasteiger partial charge in [-0.3, -0.25) is 4.79 Å². The Hall–Kier alpha value is -0.670. The molecule has 0 bridgehead atoms. The van der Waals surface area contributed by atoms with Crippen molar-refractivity contribution in [1.29, 1.82) is 0 Å². The predicted molar refractivity (Wildman–Crippen MR) is 89.8 cm³/mol. The van der Waals surface area contributed by atoms with Crippen LogP contribution in [0.2, 0.25) is 0 Å². The molecular weight excluding hydrogens is 346 g/mol. The number of carbonyl (C=O) groups is 1. The highest BCUT2D eigenvalue weighted by Crippen LogP contribution is 2.19. The van der Waals surface area contributed by atoms with Crippen LogP contribution in [0.5, 0.6) is 0 Å². The van der Waals surface area contributed by atoms with Crippen molar-refractivity contribution in [2.75, 3.05) is 13.1 Å². The summed E-state index contributed by atoms with van der Waals surface area (Å²) in [5.74, 6) is -0.0953. The Labute approximate surface area is 141 Å². The van der Waals surface area contributed by atoms with Gasteiger partial charge in [0, 0.05) is 19.1 Å². The zero-order valence-corrected chi connectivity index (χ0v) is 15.1. The molecule has 0 atom stereocenters. The first-order chi connectivity index (χ1) is 9.70. The lowest BCUT2D eigenvalue weighted by atomic mass is 10.0. The van der Waals surface area contributed by atoms with Crippen molar-refractivity contribution in [2.45, 2.75) is 42.5 Å². The van der Waals surface area contributed by atoms with Crippen LogP contribution in [0.15, 0.2) is 21.7 Å². The molecule has 9 heteroatoms. The Morgan fingerprint density at radius 2 is 2.00 bits per heavy atom. The largest absolute Gasteiger partial charge is 0.341 e. The van der Waals surface area contributed by atoms with Crippen LogP contribution < -0.4 is 10.5 Å². The normalized spacial score (nSPS) is 17.1. The molecule has 3 N–H and O–H groups in total. The van der Waals surface area contributed by atoms with Crippen LogP contribution in [0.1, 0.15) is 26.7 Å². The monoisotopic (exact) mass is 367 g/mol. The molecule has 1 aliphatic heterocycles. The maximum Gasteiger partial charge on any atom is 0.250 e. The summed E-state index contributed by atoms with van der Waals surface area (Å²) in [7, 11) is -3.44. The second kappa shape index (κ2) is 7.27. The number of hydrogen-bond acceptors (Lipinski definition) is 5. The van der Waals surface area contributed by atoms with E-state index >= 15 is 0 Å². The summed E-state index contributed by atoms with van der Waals surface area (Å²) in [6.45, 7) is 4.41. The SMILES string of the molecule is CC(C)(N)C(=O)N1CCC(NS(=O)(=O)c2cccs2)CC1.Cl. The molecule has 6 nitrogen and oxygen atoms in total. The summed E-state index contributed by atoms with van der Waals surface area (Å²) in [6.07, 6.45) is 1.21. The lowest BCUT2D eigenvalue weighted by Gasteiger charge is -2.35. The summed E-state index contributed by atoms with van der Waals surface area (Å²) in [5, 5.41) is 1.74. The van der Waals surface area contributed by atoms with Gasteiger partial charge in [-0.1, -0.05) is 6.07 Å². The smallest absolute Gasteiger partial charge is 0.250 e. The minimum absolute atomic E-state index is 0. The Balaban J connectivity index is 0.00000242. The zero-order chi connectivity index (χ0) is 15.7. The quantitative estimate of drug-likeness (QED) is 0.835. The molecule has 1 saturated heterocycles. The fourth-order valence-electron chi connectivity index (χ4n) is 2.30. The van der Waals surface area contributed by atoms with Crippen molar-refractivity contribution in [3.63, 3.8) is 0 Å². The third-order valence-corrected chi connectivity index (χ3v) is 6.33. The molecule has 2 rings (SSSR count). The topological polar surface area (TPSA) is 92.5 Å². The van der Waals surface area contributed by atoms with Crippen LogP contribution in [-0.4, -0.2) is 43.9 Å². The number of rotatable bonds is 4. The van der Waals surface area contributed by atoms with E-state index in [1.807, 2.05) is 0 Å². The average Bonchev–Trinajstić information content (AvgIpc) is 2.92. The minimum Gasteiger partial charge on any atom is -0.341 e. The zero-order valence-electron chi connectivity index (χ0n) is 12.6. The molecule has 1 aromatic rings. The molecule has 22 heavy (non-hydrogen) atoms. The van der Waals surface area contributed by atoms with Crippen LogP contribution in [0.3, 0.4) is 0 Å². The van der Waals surface area contributed by atoms with E-state index in [0.717, 1.165) is 0 Å². The van der Waals surface area contributed by atoms with Crippen LogP contribution >= 0.6 is 23.7 Å². The fraction of sp³-hybridized carbons (Fsp3) is 0.615. The molecule has 1 aliphatic rings. The van der Waals surface area contributed by atoms with E-state index < -0.39 is 15.6 Å². The lowest BCUT2D eigenvalue weighted by Crippen LogP contribution is -2.55. The number of halogens is 1. The number of nitrogens with zero attached hydrogens (tertiary/aromatic N) is 1. The first kappa shape index (κ1) is 19.4. The number of hydrogen-bond donors (Lipinski definition) is 2. The number of thiophene rings is 1. The van der Waals surface area contributed by atoms with Gasteiger partial charge in [-0.25, -0.2) is 13.1 Å². The van der Waals surface area contributed by atoms with Crippen molar-refractivity contribution in [3.05, 3.63) is 17.5 Å². The van der Waals surface area contributed by atoms with Crippen LogP contribution in [0.4, 0.5) is 0 Å². The molecule has 1 aromatic heterocycles. The summed E-state index contributed by atoms with van der Waals surface area (Å²) < 4.78 is 27.3. The van der Waals surface area contributed by atoms with Gasteiger partial charge in [0.1, 0.15) is 4.21 Å². The van der Waals surface area contributed by atoms with Crippen molar-refractivity contribution >= 4 is 39.7 Å². The molecule has 0 unspecified atom stereocenters. The minimum atomic E-state index is -3.44. The van der Waals surface area contributed by atoms with Gasteiger partial charge < -0.3 is 10.6 Å². The fourth-order valence-corrected chi connectivity index (χ4v) is 4.62. The molecule has 2 heterocycles. The van der Waals surface area contributed by atoms with E-state index in [0.29, 0.717) is 30.1 Å². The number of nitrogens with one attached hydrogen (secondary N) is 1. The van der Waals surface area contributed by atoms with Gasteiger partial charge in [-0.05, 0) is 38.1 Å². The van der Waals surface area contributed by atoms with Gasteiger partial charge in [0.25, 0.3) is 0 Å². The highest BCUT2D eigenvalue weighted by molar-refractivity contribution is 7.91. The van der Waals surface area contributed by atoms with Crippen LogP contribution in [0, 0.1) is 0 Å². The number of likely N-dealkylation sites (tertiary alicyclic amines) is 1. The highest BCUT2D eigenvalue weighted by Gasteiger charge is 2.32. The van der Waals surface area contributed by atoms with E-state index in [-0.39, 0.29) is 24.4 Å². The summed E-state index contributed by atoms with van der Waals surface area (Å²) >= 11 is 1.20. The maximum atomic E-state index is 12.1. The summed E-state index contributed by atoms with van der Waals surface area (Å²) in [4.78, 5) is 13.8. The summed E-state index contributed by atoms with van der Waals surface area (Å²) in [6, 6.07) is 3.16. The standard InChI is InChI=1S/C13H21N3O3S2.ClH/c1-13(2,14)12(17)16-7-5-10(6-8-16)15-21(18,19)11-4-3-9-20-11;/h3-4,9-10,15H,5-8,14H2,1-2H3;1H. The molecule has 0 aromatic carbocycles. The Kier molecular flexibility index (Phi) is 6.40. The third kappa shape index (κ3) is 4.66.